The number of aromatic nitrogens is 2. The maximum Gasteiger partial charge on any atom is 0.251 e. The fourth-order valence-corrected chi connectivity index (χ4v) is 6.05. The second kappa shape index (κ2) is 10.6. The van der Waals surface area contributed by atoms with Crippen LogP contribution in [0.25, 0.3) is 11.4 Å². The Balaban J connectivity index is 1.06. The van der Waals surface area contributed by atoms with Crippen molar-refractivity contribution in [2.75, 3.05) is 43.1 Å². The third-order valence-corrected chi connectivity index (χ3v) is 8.00. The van der Waals surface area contributed by atoms with Gasteiger partial charge >= 0.3 is 0 Å². The van der Waals surface area contributed by atoms with Crippen LogP contribution in [0.2, 0.25) is 0 Å². The first-order chi connectivity index (χ1) is 18.9. The minimum atomic E-state index is -0.447. The molecule has 2 fully saturated rings. The Kier molecular flexibility index (Phi) is 7.06. The molecule has 11 heteroatoms. The number of fused-ring (bicyclic) bond motifs is 2. The molecule has 6 rings (SSSR count). The lowest BCUT2D eigenvalue weighted by molar-refractivity contribution is -0.199. The van der Waals surface area contributed by atoms with E-state index in [2.05, 4.69) is 34.4 Å². The Morgan fingerprint density at radius 2 is 1.95 bits per heavy atom. The largest absolute Gasteiger partial charge is 0.373 e. The van der Waals surface area contributed by atoms with Gasteiger partial charge in [-0.05, 0) is 49.2 Å². The number of pyridine rings is 1. The highest BCUT2D eigenvalue weighted by atomic mass is 32.1. The van der Waals surface area contributed by atoms with Crippen LogP contribution >= 0.6 is 11.3 Å². The topological polar surface area (TPSA) is 115 Å². The van der Waals surface area contributed by atoms with Crippen LogP contribution in [-0.4, -0.2) is 66.8 Å². The van der Waals surface area contributed by atoms with Crippen molar-refractivity contribution >= 4 is 34.1 Å². The van der Waals surface area contributed by atoms with Crippen molar-refractivity contribution in [3.63, 3.8) is 0 Å². The molecule has 3 aromatic rings. The van der Waals surface area contributed by atoms with E-state index < -0.39 is 5.60 Å². The standard InChI is InChI=1S/C28H31N5O5S/c1-17-12-33(13-18(2)38-17)24-5-3-4-22(30-24)23-15-39-27(31-23)32-25(34)11-29-26(35)19-6-7-20-14-36-16-28(8-9-37-28)21(20)10-19/h3-7,10,15,17-18H,8-9,11-14,16H2,1-2H3,(H,29,35)(H,31,32,34)/t17-,18+,28-/m1/s1. The van der Waals surface area contributed by atoms with E-state index in [9.17, 15) is 9.59 Å². The molecule has 10 nitrogen and oxygen atoms in total. The Hall–Kier alpha value is -3.38. The number of hydrogen-bond acceptors (Lipinski definition) is 9. The first kappa shape index (κ1) is 25.9. The summed E-state index contributed by atoms with van der Waals surface area (Å²) in [6.45, 7) is 7.19. The van der Waals surface area contributed by atoms with Crippen molar-refractivity contribution in [3.05, 3.63) is 58.5 Å². The molecular weight excluding hydrogens is 518 g/mol. The van der Waals surface area contributed by atoms with Crippen LogP contribution in [0.3, 0.4) is 0 Å². The second-order valence-electron chi connectivity index (χ2n) is 10.3. The van der Waals surface area contributed by atoms with Crippen LogP contribution < -0.4 is 15.5 Å². The zero-order valence-corrected chi connectivity index (χ0v) is 22.8. The lowest BCUT2D eigenvalue weighted by Crippen LogP contribution is -2.47. The molecule has 0 saturated carbocycles. The smallest absolute Gasteiger partial charge is 0.251 e. The van der Waals surface area contributed by atoms with Gasteiger partial charge in [0.05, 0.1) is 44.3 Å². The molecule has 204 valence electrons. The van der Waals surface area contributed by atoms with E-state index in [1.165, 1.54) is 11.3 Å². The number of anilines is 2. The number of thiazole rings is 1. The van der Waals surface area contributed by atoms with Crippen molar-refractivity contribution in [2.45, 2.75) is 44.7 Å². The van der Waals surface area contributed by atoms with E-state index in [1.807, 2.05) is 35.7 Å². The SMILES string of the molecule is C[C@@H]1CN(c2cccc(-c3csc(NC(=O)CNC(=O)c4ccc5c(c4)[C@@]4(CCO4)COC5)n3)n2)C[C@H](C)O1. The molecular formula is C28H31N5O5S. The van der Waals surface area contributed by atoms with Gasteiger partial charge in [-0.3, -0.25) is 9.59 Å². The van der Waals surface area contributed by atoms with Crippen molar-refractivity contribution in [3.8, 4) is 11.4 Å². The summed E-state index contributed by atoms with van der Waals surface area (Å²) in [6.07, 6.45) is 1.14. The fourth-order valence-electron chi connectivity index (χ4n) is 5.33. The van der Waals surface area contributed by atoms with Crippen LogP contribution in [0.5, 0.6) is 0 Å². The summed E-state index contributed by atoms with van der Waals surface area (Å²) in [4.78, 5) is 36.9. The minimum absolute atomic E-state index is 0.135. The van der Waals surface area contributed by atoms with Crippen LogP contribution in [0.15, 0.2) is 41.8 Å². The number of ether oxygens (including phenoxy) is 3. The molecule has 0 unspecified atom stereocenters. The summed E-state index contributed by atoms with van der Waals surface area (Å²) < 4.78 is 17.3. The monoisotopic (exact) mass is 549 g/mol. The Bertz CT molecular complexity index is 1380. The first-order valence-corrected chi connectivity index (χ1v) is 14.0. The van der Waals surface area contributed by atoms with Gasteiger partial charge in [-0.15, -0.1) is 11.3 Å². The van der Waals surface area contributed by atoms with E-state index in [4.69, 9.17) is 19.2 Å². The predicted octanol–water partition coefficient (Wildman–Crippen LogP) is 3.33. The van der Waals surface area contributed by atoms with Crippen LogP contribution in [0.4, 0.5) is 10.9 Å². The Labute approximate surface area is 230 Å². The molecule has 3 aliphatic rings. The summed E-state index contributed by atoms with van der Waals surface area (Å²) in [5, 5.41) is 7.78. The first-order valence-electron chi connectivity index (χ1n) is 13.1. The lowest BCUT2D eigenvalue weighted by atomic mass is 9.82. The fraction of sp³-hybridized carbons (Fsp3) is 0.429. The van der Waals surface area contributed by atoms with Crippen molar-refractivity contribution in [1.29, 1.82) is 0 Å². The quantitative estimate of drug-likeness (QED) is 0.481. The molecule has 3 atom stereocenters. The van der Waals surface area contributed by atoms with Gasteiger partial charge in [-0.25, -0.2) is 9.97 Å². The molecule has 5 heterocycles. The molecule has 2 saturated heterocycles. The van der Waals surface area contributed by atoms with Crippen LogP contribution in [-0.2, 0) is 31.2 Å². The molecule has 1 aromatic carbocycles. The van der Waals surface area contributed by atoms with E-state index >= 15 is 0 Å². The number of carbonyl (C=O) groups excluding carboxylic acids is 2. The minimum Gasteiger partial charge on any atom is -0.373 e. The summed E-state index contributed by atoms with van der Waals surface area (Å²) in [7, 11) is 0. The number of morpholine rings is 1. The molecule has 2 aromatic heterocycles. The second-order valence-corrected chi connectivity index (χ2v) is 11.1. The number of rotatable bonds is 6. The average Bonchev–Trinajstić information content (AvgIpc) is 3.38. The predicted molar refractivity (Wildman–Crippen MR) is 147 cm³/mol. The summed E-state index contributed by atoms with van der Waals surface area (Å²) in [6, 6.07) is 11.4. The highest BCUT2D eigenvalue weighted by Crippen LogP contribution is 2.42. The van der Waals surface area contributed by atoms with Gasteiger partial charge in [0, 0.05) is 30.5 Å². The van der Waals surface area contributed by atoms with E-state index in [0.29, 0.717) is 36.2 Å². The summed E-state index contributed by atoms with van der Waals surface area (Å²) >= 11 is 1.31. The molecule has 2 N–H and O–H groups in total. The van der Waals surface area contributed by atoms with Gasteiger partial charge in [0.15, 0.2) is 5.13 Å². The summed E-state index contributed by atoms with van der Waals surface area (Å²) in [5.41, 5.74) is 3.49. The molecule has 0 aliphatic carbocycles. The number of hydrogen-bond donors (Lipinski definition) is 2. The molecule has 2 amide bonds. The van der Waals surface area contributed by atoms with Crippen molar-refractivity contribution in [2.24, 2.45) is 0 Å². The van der Waals surface area contributed by atoms with E-state index in [-0.39, 0.29) is 30.6 Å². The number of nitrogens with zero attached hydrogens (tertiary/aromatic N) is 3. The Morgan fingerprint density at radius 1 is 1.13 bits per heavy atom. The lowest BCUT2D eigenvalue weighted by Gasteiger charge is -2.45. The third kappa shape index (κ3) is 5.40. The van der Waals surface area contributed by atoms with Crippen LogP contribution in [0.1, 0.15) is 41.8 Å². The zero-order chi connectivity index (χ0) is 27.0. The van der Waals surface area contributed by atoms with Gasteiger partial charge in [0.25, 0.3) is 5.91 Å². The van der Waals surface area contributed by atoms with Crippen molar-refractivity contribution in [1.82, 2.24) is 15.3 Å². The molecule has 3 aliphatic heterocycles. The highest BCUT2D eigenvalue weighted by Gasteiger charge is 2.44. The number of benzene rings is 1. The van der Waals surface area contributed by atoms with Gasteiger partial charge < -0.3 is 29.7 Å². The van der Waals surface area contributed by atoms with Crippen LogP contribution in [0, 0.1) is 0 Å². The van der Waals surface area contributed by atoms with Gasteiger partial charge in [0.2, 0.25) is 5.91 Å². The number of nitrogens with one attached hydrogen (secondary N) is 2. The van der Waals surface area contributed by atoms with Gasteiger partial charge in [-0.2, -0.15) is 0 Å². The van der Waals surface area contributed by atoms with Gasteiger partial charge in [-0.1, -0.05) is 12.1 Å². The normalized spacial score (nSPS) is 24.1. The summed E-state index contributed by atoms with van der Waals surface area (Å²) in [5.74, 6) is 0.203. The zero-order valence-electron chi connectivity index (χ0n) is 21.9. The van der Waals surface area contributed by atoms with Gasteiger partial charge in [0.1, 0.15) is 17.1 Å². The molecule has 39 heavy (non-hydrogen) atoms. The number of carbonyl (C=O) groups is 2. The average molecular weight is 550 g/mol. The maximum absolute atomic E-state index is 12.8. The van der Waals surface area contributed by atoms with E-state index in [1.54, 1.807) is 6.07 Å². The Morgan fingerprint density at radius 3 is 2.72 bits per heavy atom. The molecule has 0 radical (unpaired) electrons. The maximum atomic E-state index is 12.8. The van der Waals surface area contributed by atoms with Crippen molar-refractivity contribution < 1.29 is 23.8 Å². The molecule has 1 spiro atoms. The number of amides is 2. The highest BCUT2D eigenvalue weighted by molar-refractivity contribution is 7.14. The van der Waals surface area contributed by atoms with E-state index in [0.717, 1.165) is 42.1 Å². The molecule has 0 bridgehead atoms. The third-order valence-electron chi connectivity index (χ3n) is 7.24.